The molecule has 2 atom stereocenters. The molecular weight excluding hydrogens is 336 g/mol. The Morgan fingerprint density at radius 1 is 1.19 bits per heavy atom. The predicted octanol–water partition coefficient (Wildman–Crippen LogP) is 3.60. The van der Waals surface area contributed by atoms with Crippen molar-refractivity contribution >= 4 is 11.8 Å². The van der Waals surface area contributed by atoms with Gasteiger partial charge in [-0.15, -0.1) is 0 Å². The molecule has 4 heteroatoms. The molecule has 2 amide bonds. The minimum Gasteiger partial charge on any atom is -0.351 e. The third kappa shape index (κ3) is 3.17. The molecule has 1 saturated heterocycles. The minimum atomic E-state index is -0.194. The molecule has 1 heterocycles. The quantitative estimate of drug-likeness (QED) is 0.863. The standard InChI is InChI=1S/C23H32N2O2/c1-5-20(26)24-22(4)10-17(11-22)21(27)25-13-19-12-23(19,14-25)18-8-6-16(7-9-18)15(2)3/h6-9,15,17,19H,5,10-14H2,1-4H3,(H,24,26)/t17-,19?,22+,23?. The lowest BCUT2D eigenvalue weighted by atomic mass is 9.68. The first-order valence-corrected chi connectivity index (χ1v) is 10.5. The second kappa shape index (κ2) is 6.35. The minimum absolute atomic E-state index is 0.0741. The predicted molar refractivity (Wildman–Crippen MR) is 106 cm³/mol. The molecule has 27 heavy (non-hydrogen) atoms. The van der Waals surface area contributed by atoms with Gasteiger partial charge in [-0.3, -0.25) is 9.59 Å². The number of nitrogens with zero attached hydrogens (tertiary/aromatic N) is 1. The van der Waals surface area contributed by atoms with Crippen molar-refractivity contribution in [3.8, 4) is 0 Å². The van der Waals surface area contributed by atoms with Gasteiger partial charge in [-0.05, 0) is 49.1 Å². The number of benzene rings is 1. The van der Waals surface area contributed by atoms with E-state index < -0.39 is 0 Å². The van der Waals surface area contributed by atoms with Gasteiger partial charge < -0.3 is 10.2 Å². The van der Waals surface area contributed by atoms with Crippen LogP contribution < -0.4 is 5.32 Å². The molecule has 1 aromatic carbocycles. The van der Waals surface area contributed by atoms with E-state index in [1.165, 1.54) is 17.5 Å². The molecule has 1 aliphatic heterocycles. The van der Waals surface area contributed by atoms with Crippen LogP contribution in [0.25, 0.3) is 0 Å². The maximum absolute atomic E-state index is 13.0. The van der Waals surface area contributed by atoms with E-state index in [-0.39, 0.29) is 22.8 Å². The topological polar surface area (TPSA) is 49.4 Å². The van der Waals surface area contributed by atoms with Gasteiger partial charge in [-0.25, -0.2) is 0 Å². The Hall–Kier alpha value is -1.84. The fourth-order valence-electron chi connectivity index (χ4n) is 5.29. The molecule has 1 aromatic rings. The number of carbonyl (C=O) groups is 2. The number of carbonyl (C=O) groups excluding carboxylic acids is 2. The van der Waals surface area contributed by atoms with Crippen LogP contribution in [0.2, 0.25) is 0 Å². The molecular formula is C23H32N2O2. The van der Waals surface area contributed by atoms with E-state index in [1.807, 2.05) is 6.92 Å². The summed E-state index contributed by atoms with van der Waals surface area (Å²) in [5.74, 6) is 1.62. The van der Waals surface area contributed by atoms with Gasteiger partial charge in [-0.2, -0.15) is 0 Å². The molecule has 0 aromatic heterocycles. The van der Waals surface area contributed by atoms with Crippen LogP contribution in [0.4, 0.5) is 0 Å². The first-order valence-electron chi connectivity index (χ1n) is 10.5. The summed E-state index contributed by atoms with van der Waals surface area (Å²) in [4.78, 5) is 26.7. The van der Waals surface area contributed by atoms with Gasteiger partial charge in [0.05, 0.1) is 0 Å². The molecule has 4 rings (SSSR count). The Labute approximate surface area is 162 Å². The molecule has 0 bridgehead atoms. The number of likely N-dealkylation sites (tertiary alicyclic amines) is 1. The summed E-state index contributed by atoms with van der Waals surface area (Å²) in [6.45, 7) is 10.1. The summed E-state index contributed by atoms with van der Waals surface area (Å²) >= 11 is 0. The van der Waals surface area contributed by atoms with E-state index in [1.54, 1.807) is 0 Å². The lowest BCUT2D eigenvalue weighted by Gasteiger charge is -2.46. The van der Waals surface area contributed by atoms with Crippen LogP contribution in [-0.2, 0) is 15.0 Å². The lowest BCUT2D eigenvalue weighted by molar-refractivity contribution is -0.142. The molecule has 1 N–H and O–H groups in total. The van der Waals surface area contributed by atoms with Crippen LogP contribution in [0.3, 0.4) is 0 Å². The van der Waals surface area contributed by atoms with Gasteiger partial charge in [0.2, 0.25) is 11.8 Å². The molecule has 0 spiro atoms. The second-order valence-corrected chi connectivity index (χ2v) is 9.62. The highest BCUT2D eigenvalue weighted by Crippen LogP contribution is 2.59. The van der Waals surface area contributed by atoms with Crippen molar-refractivity contribution in [3.05, 3.63) is 35.4 Å². The summed E-state index contributed by atoms with van der Waals surface area (Å²) < 4.78 is 0. The zero-order chi connectivity index (χ0) is 19.4. The lowest BCUT2D eigenvalue weighted by Crippen LogP contribution is -2.58. The summed E-state index contributed by atoms with van der Waals surface area (Å²) in [7, 11) is 0. The number of nitrogens with one attached hydrogen (secondary N) is 1. The largest absolute Gasteiger partial charge is 0.351 e. The molecule has 2 aliphatic carbocycles. The SMILES string of the molecule is CCC(=O)N[C@]1(C)C[C@H](C(=O)N2CC3CC3(c3ccc(C(C)C)cc3)C2)C1. The van der Waals surface area contributed by atoms with Crippen molar-refractivity contribution in [1.29, 1.82) is 0 Å². The average molecular weight is 369 g/mol. The third-order valence-electron chi connectivity index (χ3n) is 7.12. The van der Waals surface area contributed by atoms with Gasteiger partial charge in [0, 0.05) is 36.4 Å². The smallest absolute Gasteiger partial charge is 0.225 e. The highest BCUT2D eigenvalue weighted by molar-refractivity contribution is 5.82. The fraction of sp³-hybridized carbons (Fsp3) is 0.652. The van der Waals surface area contributed by atoms with Gasteiger partial charge in [0.15, 0.2) is 0 Å². The second-order valence-electron chi connectivity index (χ2n) is 9.62. The molecule has 2 saturated carbocycles. The van der Waals surface area contributed by atoms with E-state index in [9.17, 15) is 9.59 Å². The highest BCUT2D eigenvalue weighted by Gasteiger charge is 2.62. The maximum Gasteiger partial charge on any atom is 0.225 e. The molecule has 146 valence electrons. The van der Waals surface area contributed by atoms with Crippen molar-refractivity contribution in [2.75, 3.05) is 13.1 Å². The van der Waals surface area contributed by atoms with E-state index in [0.717, 1.165) is 25.9 Å². The van der Waals surface area contributed by atoms with Crippen molar-refractivity contribution in [3.63, 3.8) is 0 Å². The number of rotatable bonds is 5. The molecule has 0 radical (unpaired) electrons. The van der Waals surface area contributed by atoms with Crippen LogP contribution in [0.15, 0.2) is 24.3 Å². The van der Waals surface area contributed by atoms with Gasteiger partial charge in [0.1, 0.15) is 0 Å². The number of piperidine rings is 1. The highest BCUT2D eigenvalue weighted by atomic mass is 16.2. The van der Waals surface area contributed by atoms with Crippen molar-refractivity contribution in [2.45, 2.75) is 70.3 Å². The van der Waals surface area contributed by atoms with E-state index >= 15 is 0 Å². The summed E-state index contributed by atoms with van der Waals surface area (Å²) in [6, 6.07) is 9.07. The molecule has 3 fully saturated rings. The van der Waals surface area contributed by atoms with Gasteiger partial charge in [-0.1, -0.05) is 45.0 Å². The normalized spacial score (nSPS) is 34.2. The zero-order valence-corrected chi connectivity index (χ0v) is 17.0. The van der Waals surface area contributed by atoms with Gasteiger partial charge in [0.25, 0.3) is 0 Å². The summed E-state index contributed by atoms with van der Waals surface area (Å²) in [5, 5.41) is 3.07. The van der Waals surface area contributed by atoms with E-state index in [4.69, 9.17) is 0 Å². The van der Waals surface area contributed by atoms with Crippen molar-refractivity contribution in [2.24, 2.45) is 11.8 Å². The number of hydrogen-bond donors (Lipinski definition) is 1. The Bertz CT molecular complexity index is 748. The molecule has 4 nitrogen and oxygen atoms in total. The summed E-state index contributed by atoms with van der Waals surface area (Å²) in [5.41, 5.74) is 2.79. The monoisotopic (exact) mass is 368 g/mol. The van der Waals surface area contributed by atoms with Crippen LogP contribution in [0, 0.1) is 11.8 Å². The molecule has 2 unspecified atom stereocenters. The number of hydrogen-bond acceptors (Lipinski definition) is 2. The fourth-order valence-corrected chi connectivity index (χ4v) is 5.29. The Balaban J connectivity index is 1.36. The Kier molecular flexibility index (Phi) is 4.36. The van der Waals surface area contributed by atoms with Crippen molar-refractivity contribution < 1.29 is 9.59 Å². The van der Waals surface area contributed by atoms with Crippen molar-refractivity contribution in [1.82, 2.24) is 10.2 Å². The Morgan fingerprint density at radius 2 is 1.85 bits per heavy atom. The van der Waals surface area contributed by atoms with Crippen LogP contribution in [-0.4, -0.2) is 35.3 Å². The van der Waals surface area contributed by atoms with Gasteiger partial charge >= 0.3 is 0 Å². The first-order chi connectivity index (χ1) is 12.8. The van der Waals surface area contributed by atoms with E-state index in [2.05, 4.69) is 55.3 Å². The summed E-state index contributed by atoms with van der Waals surface area (Å²) in [6.07, 6.45) is 3.26. The van der Waals surface area contributed by atoms with Crippen LogP contribution in [0.5, 0.6) is 0 Å². The molecule has 3 aliphatic rings. The van der Waals surface area contributed by atoms with Crippen LogP contribution in [0.1, 0.15) is 70.4 Å². The van der Waals surface area contributed by atoms with E-state index in [0.29, 0.717) is 24.2 Å². The first kappa shape index (κ1) is 18.5. The number of amides is 2. The maximum atomic E-state index is 13.0. The zero-order valence-electron chi connectivity index (χ0n) is 17.0. The average Bonchev–Trinajstić information content (AvgIpc) is 3.20. The third-order valence-corrected chi connectivity index (χ3v) is 7.12. The van der Waals surface area contributed by atoms with Crippen LogP contribution >= 0.6 is 0 Å². The number of fused-ring (bicyclic) bond motifs is 1. The Morgan fingerprint density at radius 3 is 2.44 bits per heavy atom.